The molecule has 0 radical (unpaired) electrons. The van der Waals surface area contributed by atoms with Crippen molar-refractivity contribution < 1.29 is 4.39 Å². The van der Waals surface area contributed by atoms with Gasteiger partial charge in [-0.15, -0.1) is 0 Å². The van der Waals surface area contributed by atoms with Crippen LogP contribution in [0.5, 0.6) is 0 Å². The summed E-state index contributed by atoms with van der Waals surface area (Å²) in [6, 6.07) is 3.32. The molecule has 1 saturated carbocycles. The summed E-state index contributed by atoms with van der Waals surface area (Å²) in [5, 5.41) is 0. The van der Waals surface area contributed by atoms with E-state index >= 15 is 0 Å². The largest absolute Gasteiger partial charge is 0.369 e. The van der Waals surface area contributed by atoms with E-state index in [0.717, 1.165) is 12.1 Å². The predicted octanol–water partition coefficient (Wildman–Crippen LogP) is 3.75. The minimum absolute atomic E-state index is 0.228. The number of fused-ring (bicyclic) bond motifs is 1. The summed E-state index contributed by atoms with van der Waals surface area (Å²) in [5.41, 5.74) is 8.83. The molecule has 0 spiro atoms. The molecule has 1 aromatic heterocycles. The summed E-state index contributed by atoms with van der Waals surface area (Å²) < 4.78 is 15.7. The van der Waals surface area contributed by atoms with Gasteiger partial charge in [-0.05, 0) is 35.3 Å². The summed E-state index contributed by atoms with van der Waals surface area (Å²) in [5.74, 6) is 0.804. The number of aryl methyl sites for hydroxylation is 1. The van der Waals surface area contributed by atoms with Gasteiger partial charge in [-0.3, -0.25) is 0 Å². The SMILES string of the molecule is Cc1cc2c(cc1F)nc(N)n2CC1C(C)(C)C1(C)C. The first-order chi connectivity index (χ1) is 9.16. The van der Waals surface area contributed by atoms with Gasteiger partial charge in [0.15, 0.2) is 0 Å². The number of rotatable bonds is 2. The molecule has 3 rings (SSSR count). The number of nitrogen functional groups attached to an aromatic ring is 1. The monoisotopic (exact) mass is 275 g/mol. The minimum atomic E-state index is -0.228. The Balaban J connectivity index is 2.05. The first-order valence-corrected chi connectivity index (χ1v) is 7.08. The van der Waals surface area contributed by atoms with Crippen molar-refractivity contribution in [3.8, 4) is 0 Å². The van der Waals surface area contributed by atoms with Gasteiger partial charge in [-0.2, -0.15) is 0 Å². The van der Waals surface area contributed by atoms with Gasteiger partial charge in [-0.25, -0.2) is 9.37 Å². The van der Waals surface area contributed by atoms with Crippen molar-refractivity contribution in [2.45, 2.75) is 41.2 Å². The van der Waals surface area contributed by atoms with Gasteiger partial charge < -0.3 is 10.3 Å². The van der Waals surface area contributed by atoms with Crippen LogP contribution in [0.1, 0.15) is 33.3 Å². The fourth-order valence-corrected chi connectivity index (χ4v) is 3.43. The highest BCUT2D eigenvalue weighted by molar-refractivity contribution is 5.79. The van der Waals surface area contributed by atoms with E-state index in [9.17, 15) is 4.39 Å². The average molecular weight is 275 g/mol. The topological polar surface area (TPSA) is 43.8 Å². The Morgan fingerprint density at radius 2 is 1.85 bits per heavy atom. The summed E-state index contributed by atoms with van der Waals surface area (Å²) in [6.45, 7) is 11.8. The second kappa shape index (κ2) is 3.74. The van der Waals surface area contributed by atoms with Crippen LogP contribution in [-0.2, 0) is 6.54 Å². The van der Waals surface area contributed by atoms with E-state index < -0.39 is 0 Å². The Labute approximate surface area is 119 Å². The van der Waals surface area contributed by atoms with Gasteiger partial charge >= 0.3 is 0 Å². The molecule has 0 atom stereocenters. The molecule has 1 fully saturated rings. The standard InChI is InChI=1S/C16H22FN3/c1-9-6-12-11(7-10(9)17)19-14(18)20(12)8-13-15(2,3)16(13,4)5/h6-7,13H,8H2,1-5H3,(H2,18,19). The molecule has 20 heavy (non-hydrogen) atoms. The fraction of sp³-hybridized carbons (Fsp3) is 0.562. The third-order valence-electron chi connectivity index (χ3n) is 5.74. The summed E-state index contributed by atoms with van der Waals surface area (Å²) in [4.78, 5) is 4.29. The van der Waals surface area contributed by atoms with Crippen LogP contribution in [0.2, 0.25) is 0 Å². The number of nitrogens with zero attached hydrogens (tertiary/aromatic N) is 2. The van der Waals surface area contributed by atoms with Crippen LogP contribution < -0.4 is 5.73 Å². The van der Waals surface area contributed by atoms with Gasteiger partial charge in [0.2, 0.25) is 5.95 Å². The molecule has 108 valence electrons. The highest BCUT2D eigenvalue weighted by Gasteiger charge is 2.64. The summed E-state index contributed by atoms with van der Waals surface area (Å²) >= 11 is 0. The van der Waals surface area contributed by atoms with Gasteiger partial charge in [0.25, 0.3) is 0 Å². The molecule has 1 aliphatic rings. The molecule has 1 aromatic carbocycles. The molecule has 0 aliphatic heterocycles. The van der Waals surface area contributed by atoms with Crippen LogP contribution in [0.15, 0.2) is 12.1 Å². The number of imidazole rings is 1. The molecule has 2 N–H and O–H groups in total. The van der Waals surface area contributed by atoms with Crippen molar-refractivity contribution in [1.82, 2.24) is 9.55 Å². The number of benzene rings is 1. The van der Waals surface area contributed by atoms with E-state index in [1.54, 1.807) is 6.92 Å². The zero-order valence-electron chi connectivity index (χ0n) is 12.8. The number of nitrogens with two attached hydrogens (primary N) is 1. The third kappa shape index (κ3) is 1.60. The molecule has 0 unspecified atom stereocenters. The Hall–Kier alpha value is -1.58. The maximum absolute atomic E-state index is 13.6. The molecule has 4 heteroatoms. The van der Waals surface area contributed by atoms with Crippen molar-refractivity contribution in [2.24, 2.45) is 16.7 Å². The first-order valence-electron chi connectivity index (χ1n) is 7.08. The quantitative estimate of drug-likeness (QED) is 0.907. The zero-order chi connectivity index (χ0) is 14.9. The normalized spacial score (nSPS) is 20.5. The van der Waals surface area contributed by atoms with Gasteiger partial charge in [0.1, 0.15) is 5.82 Å². The molecule has 1 aliphatic carbocycles. The molecule has 1 heterocycles. The number of anilines is 1. The lowest BCUT2D eigenvalue weighted by Gasteiger charge is -2.08. The Morgan fingerprint density at radius 3 is 2.40 bits per heavy atom. The molecular weight excluding hydrogens is 253 g/mol. The molecule has 0 saturated heterocycles. The van der Waals surface area contributed by atoms with Crippen LogP contribution >= 0.6 is 0 Å². The second-order valence-corrected chi connectivity index (χ2v) is 7.17. The van der Waals surface area contributed by atoms with Crippen LogP contribution in [-0.4, -0.2) is 9.55 Å². The van der Waals surface area contributed by atoms with Crippen molar-refractivity contribution in [3.63, 3.8) is 0 Å². The van der Waals surface area contributed by atoms with Crippen molar-refractivity contribution in [1.29, 1.82) is 0 Å². The number of halogens is 1. The van der Waals surface area contributed by atoms with E-state index in [0.29, 0.717) is 33.8 Å². The van der Waals surface area contributed by atoms with Gasteiger partial charge in [0, 0.05) is 12.6 Å². The predicted molar refractivity (Wildman–Crippen MR) is 79.9 cm³/mol. The molecule has 2 aromatic rings. The maximum atomic E-state index is 13.6. The Morgan fingerprint density at radius 1 is 1.25 bits per heavy atom. The lowest BCUT2D eigenvalue weighted by Crippen LogP contribution is -2.08. The fourth-order valence-electron chi connectivity index (χ4n) is 3.43. The smallest absolute Gasteiger partial charge is 0.201 e. The first kappa shape index (κ1) is 13.4. The van der Waals surface area contributed by atoms with E-state index in [4.69, 9.17) is 5.73 Å². The number of aromatic nitrogens is 2. The number of hydrogen-bond acceptors (Lipinski definition) is 2. The van der Waals surface area contributed by atoms with E-state index in [2.05, 4.69) is 32.7 Å². The molecule has 3 nitrogen and oxygen atoms in total. The zero-order valence-corrected chi connectivity index (χ0v) is 12.8. The van der Waals surface area contributed by atoms with Gasteiger partial charge in [0.05, 0.1) is 11.0 Å². The lowest BCUT2D eigenvalue weighted by molar-refractivity contribution is 0.457. The van der Waals surface area contributed by atoms with E-state index in [1.165, 1.54) is 6.07 Å². The number of hydrogen-bond donors (Lipinski definition) is 1. The minimum Gasteiger partial charge on any atom is -0.369 e. The summed E-state index contributed by atoms with van der Waals surface area (Å²) in [7, 11) is 0. The van der Waals surface area contributed by atoms with Gasteiger partial charge in [-0.1, -0.05) is 27.7 Å². The molecule has 0 amide bonds. The van der Waals surface area contributed by atoms with E-state index in [-0.39, 0.29) is 5.82 Å². The van der Waals surface area contributed by atoms with Crippen molar-refractivity contribution in [2.75, 3.05) is 5.73 Å². The summed E-state index contributed by atoms with van der Waals surface area (Å²) in [6.07, 6.45) is 0. The third-order valence-corrected chi connectivity index (χ3v) is 5.74. The highest BCUT2D eigenvalue weighted by Crippen LogP contribution is 2.69. The van der Waals surface area contributed by atoms with Crippen LogP contribution in [0.4, 0.5) is 10.3 Å². The van der Waals surface area contributed by atoms with Crippen molar-refractivity contribution in [3.05, 3.63) is 23.5 Å². The maximum Gasteiger partial charge on any atom is 0.201 e. The van der Waals surface area contributed by atoms with E-state index in [1.807, 2.05) is 10.6 Å². The second-order valence-electron chi connectivity index (χ2n) is 7.17. The molecule has 0 bridgehead atoms. The van der Waals surface area contributed by atoms with Crippen molar-refractivity contribution >= 4 is 17.0 Å². The van der Waals surface area contributed by atoms with Crippen LogP contribution in [0.25, 0.3) is 11.0 Å². The van der Waals surface area contributed by atoms with Crippen LogP contribution in [0.3, 0.4) is 0 Å². The van der Waals surface area contributed by atoms with Crippen LogP contribution in [0, 0.1) is 29.5 Å². The Kier molecular flexibility index (Phi) is 2.51. The average Bonchev–Trinajstić information content (AvgIpc) is 2.60. The molecular formula is C16H22FN3. The lowest BCUT2D eigenvalue weighted by atomic mass is 10.0. The Bertz CT molecular complexity index is 683. The highest BCUT2D eigenvalue weighted by atomic mass is 19.1.